The van der Waals surface area contributed by atoms with Crippen molar-refractivity contribution in [2.75, 3.05) is 7.11 Å². The Morgan fingerprint density at radius 3 is 2.35 bits per heavy atom. The monoisotopic (exact) mass is 397 g/mol. The fourth-order valence-corrected chi connectivity index (χ4v) is 3.54. The van der Waals surface area contributed by atoms with E-state index in [2.05, 4.69) is 57.0 Å². The Morgan fingerprint density at radius 1 is 1.10 bits per heavy atom. The van der Waals surface area contributed by atoms with E-state index in [-0.39, 0.29) is 6.04 Å². The summed E-state index contributed by atoms with van der Waals surface area (Å²) in [5.41, 5.74) is 9.78. The maximum atomic E-state index is 6.34. The molecule has 2 nitrogen and oxygen atoms in total. The molecule has 2 aromatic carbocycles. The van der Waals surface area contributed by atoms with Gasteiger partial charge in [-0.25, -0.2) is 0 Å². The fraction of sp³-hybridized carbons (Fsp3) is 0.250. The lowest BCUT2D eigenvalue weighted by molar-refractivity contribution is 0.408. The Labute approximate surface area is 136 Å². The number of nitrogens with two attached hydrogens (primary N) is 1. The Morgan fingerprint density at radius 2 is 1.75 bits per heavy atom. The van der Waals surface area contributed by atoms with Gasteiger partial charge in [-0.2, -0.15) is 0 Å². The smallest absolute Gasteiger partial charge is 0.122 e. The van der Waals surface area contributed by atoms with Crippen molar-refractivity contribution in [1.82, 2.24) is 0 Å². The minimum absolute atomic E-state index is 0.0699. The van der Waals surface area contributed by atoms with E-state index in [1.165, 1.54) is 5.56 Å². The summed E-state index contributed by atoms with van der Waals surface area (Å²) in [4.78, 5) is 0. The zero-order valence-corrected chi connectivity index (χ0v) is 14.7. The predicted octanol–water partition coefficient (Wildman–Crippen LogP) is 4.77. The average Bonchev–Trinajstić information content (AvgIpc) is 2.37. The van der Waals surface area contributed by atoms with Crippen molar-refractivity contribution in [1.29, 1.82) is 0 Å². The molecule has 20 heavy (non-hydrogen) atoms. The zero-order chi connectivity index (χ0) is 14.7. The van der Waals surface area contributed by atoms with Crippen LogP contribution in [0.25, 0.3) is 0 Å². The first-order valence-corrected chi connectivity index (χ1v) is 7.93. The molecule has 0 amide bonds. The minimum atomic E-state index is -0.0699. The molecule has 1 atom stereocenters. The van der Waals surface area contributed by atoms with Crippen LogP contribution in [-0.2, 0) is 6.42 Å². The fourth-order valence-electron chi connectivity index (χ4n) is 2.21. The molecule has 0 aliphatic carbocycles. The van der Waals surface area contributed by atoms with Crippen LogP contribution in [0.5, 0.6) is 5.75 Å². The molecule has 0 aromatic heterocycles. The van der Waals surface area contributed by atoms with Gasteiger partial charge in [-0.3, -0.25) is 0 Å². The number of hydrogen-bond acceptors (Lipinski definition) is 2. The van der Waals surface area contributed by atoms with Crippen LogP contribution >= 0.6 is 31.9 Å². The molecule has 2 aromatic rings. The highest BCUT2D eigenvalue weighted by Crippen LogP contribution is 2.28. The molecule has 0 aliphatic rings. The second-order valence-electron chi connectivity index (χ2n) is 4.83. The van der Waals surface area contributed by atoms with Crippen molar-refractivity contribution in [3.05, 3.63) is 62.0 Å². The number of aryl methyl sites for hydroxylation is 1. The van der Waals surface area contributed by atoms with Gasteiger partial charge >= 0.3 is 0 Å². The summed E-state index contributed by atoms with van der Waals surface area (Å²) in [5.74, 6) is 0.889. The molecule has 1 unspecified atom stereocenters. The number of ether oxygens (including phenoxy) is 1. The van der Waals surface area contributed by atoms with Gasteiger partial charge < -0.3 is 10.5 Å². The first-order valence-electron chi connectivity index (χ1n) is 6.34. The summed E-state index contributed by atoms with van der Waals surface area (Å²) in [6.07, 6.45) is 0.744. The summed E-state index contributed by atoms with van der Waals surface area (Å²) in [5, 5.41) is 0. The minimum Gasteiger partial charge on any atom is -0.496 e. The molecule has 0 saturated carbocycles. The molecule has 0 fully saturated rings. The quantitative estimate of drug-likeness (QED) is 0.804. The molecule has 2 N–H and O–H groups in total. The molecule has 0 saturated heterocycles. The van der Waals surface area contributed by atoms with Gasteiger partial charge in [-0.1, -0.05) is 49.6 Å². The Balaban J connectivity index is 2.27. The van der Waals surface area contributed by atoms with E-state index in [0.717, 1.165) is 32.2 Å². The SMILES string of the molecule is COc1ccc(C)cc1CC(N)c1cc(Br)cc(Br)c1. The first-order chi connectivity index (χ1) is 9.49. The summed E-state index contributed by atoms with van der Waals surface area (Å²) < 4.78 is 7.45. The van der Waals surface area contributed by atoms with Gasteiger partial charge in [0.15, 0.2) is 0 Å². The maximum absolute atomic E-state index is 6.34. The molecule has 0 radical (unpaired) electrons. The molecule has 4 heteroatoms. The Bertz CT molecular complexity index is 593. The van der Waals surface area contributed by atoms with Crippen LogP contribution in [0.15, 0.2) is 45.3 Å². The zero-order valence-electron chi connectivity index (χ0n) is 11.5. The lowest BCUT2D eigenvalue weighted by Crippen LogP contribution is -2.14. The van der Waals surface area contributed by atoms with Crippen molar-refractivity contribution in [3.8, 4) is 5.75 Å². The normalized spacial score (nSPS) is 12.2. The topological polar surface area (TPSA) is 35.2 Å². The molecule has 106 valence electrons. The number of benzene rings is 2. The Kier molecular flexibility index (Phi) is 5.24. The van der Waals surface area contributed by atoms with Crippen molar-refractivity contribution in [2.45, 2.75) is 19.4 Å². The van der Waals surface area contributed by atoms with E-state index in [1.54, 1.807) is 7.11 Å². The van der Waals surface area contributed by atoms with Gasteiger partial charge in [0.25, 0.3) is 0 Å². The van der Waals surface area contributed by atoms with E-state index < -0.39 is 0 Å². The third-order valence-corrected chi connectivity index (χ3v) is 4.10. The highest BCUT2D eigenvalue weighted by Gasteiger charge is 2.12. The van der Waals surface area contributed by atoms with Crippen LogP contribution < -0.4 is 10.5 Å². The third kappa shape index (κ3) is 3.84. The van der Waals surface area contributed by atoms with Crippen LogP contribution in [0.1, 0.15) is 22.7 Å². The molecular formula is C16H17Br2NO. The first kappa shape index (κ1) is 15.5. The van der Waals surface area contributed by atoms with E-state index in [9.17, 15) is 0 Å². The molecule has 0 bridgehead atoms. The molecule has 0 aliphatic heterocycles. The van der Waals surface area contributed by atoms with Crippen molar-refractivity contribution < 1.29 is 4.74 Å². The number of hydrogen-bond donors (Lipinski definition) is 1. The van der Waals surface area contributed by atoms with Gasteiger partial charge in [-0.15, -0.1) is 0 Å². The maximum Gasteiger partial charge on any atom is 0.122 e. The van der Waals surface area contributed by atoms with E-state index >= 15 is 0 Å². The lowest BCUT2D eigenvalue weighted by atomic mass is 9.98. The third-order valence-electron chi connectivity index (χ3n) is 3.19. The molecular weight excluding hydrogens is 382 g/mol. The van der Waals surface area contributed by atoms with Crippen LogP contribution in [0.2, 0.25) is 0 Å². The van der Waals surface area contributed by atoms with Gasteiger partial charge in [-0.05, 0) is 48.7 Å². The molecule has 0 spiro atoms. The van der Waals surface area contributed by atoms with E-state index in [0.29, 0.717) is 0 Å². The largest absolute Gasteiger partial charge is 0.496 e. The standard InChI is InChI=1S/C16H17Br2NO/c1-10-3-4-16(20-2)12(5-10)8-15(19)11-6-13(17)9-14(18)7-11/h3-7,9,15H,8,19H2,1-2H3. The van der Waals surface area contributed by atoms with Crippen molar-refractivity contribution >= 4 is 31.9 Å². The summed E-state index contributed by atoms with van der Waals surface area (Å²) in [7, 11) is 1.69. The van der Waals surface area contributed by atoms with Gasteiger partial charge in [0.1, 0.15) is 5.75 Å². The average molecular weight is 399 g/mol. The lowest BCUT2D eigenvalue weighted by Gasteiger charge is -2.16. The van der Waals surface area contributed by atoms with Crippen molar-refractivity contribution in [2.24, 2.45) is 5.73 Å². The number of halogens is 2. The van der Waals surface area contributed by atoms with Gasteiger partial charge in [0, 0.05) is 15.0 Å². The van der Waals surface area contributed by atoms with E-state index in [4.69, 9.17) is 10.5 Å². The van der Waals surface area contributed by atoms with Crippen LogP contribution in [0.4, 0.5) is 0 Å². The van der Waals surface area contributed by atoms with Gasteiger partial charge in [0.05, 0.1) is 7.11 Å². The van der Waals surface area contributed by atoms with Crippen LogP contribution in [-0.4, -0.2) is 7.11 Å². The number of methoxy groups -OCH3 is 1. The molecule has 0 heterocycles. The Hall–Kier alpha value is -0.840. The summed E-state index contributed by atoms with van der Waals surface area (Å²) >= 11 is 6.99. The highest BCUT2D eigenvalue weighted by molar-refractivity contribution is 9.11. The van der Waals surface area contributed by atoms with E-state index in [1.807, 2.05) is 18.2 Å². The summed E-state index contributed by atoms with van der Waals surface area (Å²) in [6.45, 7) is 2.07. The summed E-state index contributed by atoms with van der Waals surface area (Å²) in [6, 6.07) is 12.2. The predicted molar refractivity (Wildman–Crippen MR) is 90.2 cm³/mol. The van der Waals surface area contributed by atoms with Crippen LogP contribution in [0, 0.1) is 6.92 Å². The van der Waals surface area contributed by atoms with Gasteiger partial charge in [0.2, 0.25) is 0 Å². The van der Waals surface area contributed by atoms with Crippen molar-refractivity contribution in [3.63, 3.8) is 0 Å². The molecule has 2 rings (SSSR count). The second kappa shape index (κ2) is 6.74. The van der Waals surface area contributed by atoms with Crippen LogP contribution in [0.3, 0.4) is 0 Å². The highest BCUT2D eigenvalue weighted by atomic mass is 79.9. The number of rotatable bonds is 4. The second-order valence-corrected chi connectivity index (χ2v) is 6.66.